The van der Waals surface area contributed by atoms with E-state index < -0.39 is 44.2 Å². The van der Waals surface area contributed by atoms with Gasteiger partial charge in [-0.15, -0.1) is 0 Å². The van der Waals surface area contributed by atoms with Crippen LogP contribution in [0, 0.1) is 5.82 Å². The Bertz CT molecular complexity index is 1400. The van der Waals surface area contributed by atoms with Gasteiger partial charge in [0, 0.05) is 12.6 Å². The van der Waals surface area contributed by atoms with Crippen LogP contribution in [0.3, 0.4) is 0 Å². The number of likely N-dealkylation sites (tertiary alicyclic amines) is 1. The lowest BCUT2D eigenvalue weighted by Crippen LogP contribution is -2.40. The third-order valence-electron chi connectivity index (χ3n) is 6.55. The standard InChI is InChI=1S/C27H33FN4O8S/c1-4-31-13-5-6-20(31)16-29-26(35)22-14-21(11-12-24(22)39-2)41(37,38)30-27(36)23(33)15-25(34)32(40-3)17-18-7-9-19(28)10-8-18/h7-12,14-15,20,33H,4-6,13,16-17H2,1-3H3,(H,29,35)(H,30,36)/b23-15-. The number of carbonyl (C=O) groups excluding carboxylic acids is 3. The first-order valence-electron chi connectivity index (χ1n) is 12.8. The van der Waals surface area contributed by atoms with E-state index in [1.54, 1.807) is 4.72 Å². The first kappa shape index (κ1) is 31.5. The Morgan fingerprint density at radius 3 is 2.51 bits per heavy atom. The topological polar surface area (TPSA) is 155 Å². The number of aliphatic hydroxyl groups is 1. The smallest absolute Gasteiger partial charge is 0.300 e. The first-order valence-corrected chi connectivity index (χ1v) is 14.3. The summed E-state index contributed by atoms with van der Waals surface area (Å²) in [4.78, 5) is 44.6. The molecule has 1 aliphatic heterocycles. The summed E-state index contributed by atoms with van der Waals surface area (Å²) in [7, 11) is -2.08. The van der Waals surface area contributed by atoms with Gasteiger partial charge in [-0.2, -0.15) is 0 Å². The van der Waals surface area contributed by atoms with Crippen molar-refractivity contribution in [3.63, 3.8) is 0 Å². The van der Waals surface area contributed by atoms with Crippen LogP contribution in [0.1, 0.15) is 35.7 Å². The molecule has 0 radical (unpaired) electrons. The zero-order valence-corrected chi connectivity index (χ0v) is 23.7. The minimum Gasteiger partial charge on any atom is -0.503 e. The number of carbonyl (C=O) groups is 3. The number of hydrogen-bond acceptors (Lipinski definition) is 9. The molecule has 1 saturated heterocycles. The van der Waals surface area contributed by atoms with E-state index >= 15 is 0 Å². The van der Waals surface area contributed by atoms with E-state index in [2.05, 4.69) is 10.2 Å². The van der Waals surface area contributed by atoms with Gasteiger partial charge in [-0.3, -0.25) is 24.1 Å². The number of rotatable bonds is 12. The largest absolute Gasteiger partial charge is 0.503 e. The Kier molecular flexibility index (Phi) is 10.8. The number of nitrogens with zero attached hydrogens (tertiary/aromatic N) is 2. The Morgan fingerprint density at radius 2 is 1.88 bits per heavy atom. The van der Waals surface area contributed by atoms with Crippen molar-refractivity contribution in [2.24, 2.45) is 0 Å². The predicted octanol–water partition coefficient (Wildman–Crippen LogP) is 1.89. The molecule has 12 nitrogen and oxygen atoms in total. The number of amides is 3. The third kappa shape index (κ3) is 8.25. The molecule has 1 unspecified atom stereocenters. The number of benzene rings is 2. The van der Waals surface area contributed by atoms with Gasteiger partial charge >= 0.3 is 0 Å². The summed E-state index contributed by atoms with van der Waals surface area (Å²) in [6, 6.07) is 8.81. The number of nitrogens with one attached hydrogen (secondary N) is 2. The summed E-state index contributed by atoms with van der Waals surface area (Å²) in [5.41, 5.74) is 0.433. The van der Waals surface area contributed by atoms with Crippen molar-refractivity contribution in [3.05, 3.63) is 71.2 Å². The van der Waals surface area contributed by atoms with Crippen LogP contribution in [-0.2, 0) is 31.0 Å². The van der Waals surface area contributed by atoms with Crippen molar-refractivity contribution in [1.82, 2.24) is 20.0 Å². The minimum atomic E-state index is -4.58. The van der Waals surface area contributed by atoms with Crippen LogP contribution in [0.2, 0.25) is 0 Å². The van der Waals surface area contributed by atoms with Gasteiger partial charge in [-0.05, 0) is 61.8 Å². The van der Waals surface area contributed by atoms with Gasteiger partial charge in [0.2, 0.25) is 0 Å². The number of methoxy groups -OCH3 is 1. The zero-order valence-electron chi connectivity index (χ0n) is 22.9. The average molecular weight is 593 g/mol. The lowest BCUT2D eigenvalue weighted by molar-refractivity contribution is -0.173. The Labute approximate surface area is 237 Å². The highest BCUT2D eigenvalue weighted by Crippen LogP contribution is 2.23. The fourth-order valence-electron chi connectivity index (χ4n) is 4.36. The van der Waals surface area contributed by atoms with Crippen molar-refractivity contribution in [2.45, 2.75) is 37.2 Å². The summed E-state index contributed by atoms with van der Waals surface area (Å²) >= 11 is 0. The molecule has 0 saturated carbocycles. The monoisotopic (exact) mass is 592 g/mol. The quantitative estimate of drug-likeness (QED) is 0.190. The Morgan fingerprint density at radius 1 is 1.17 bits per heavy atom. The van der Waals surface area contributed by atoms with Crippen LogP contribution in [0.4, 0.5) is 4.39 Å². The summed E-state index contributed by atoms with van der Waals surface area (Å²) in [5.74, 6) is -4.57. The number of aliphatic hydroxyl groups excluding tert-OH is 1. The maximum Gasteiger partial charge on any atom is 0.300 e. The molecule has 41 heavy (non-hydrogen) atoms. The molecule has 0 aliphatic carbocycles. The van der Waals surface area contributed by atoms with Gasteiger partial charge in [0.05, 0.1) is 37.3 Å². The van der Waals surface area contributed by atoms with Crippen LogP contribution in [0.25, 0.3) is 0 Å². The van der Waals surface area contributed by atoms with E-state index in [-0.39, 0.29) is 23.9 Å². The van der Waals surface area contributed by atoms with Crippen molar-refractivity contribution >= 4 is 27.7 Å². The minimum absolute atomic E-state index is 0.0599. The Hall–Kier alpha value is -4.01. The van der Waals surface area contributed by atoms with Crippen LogP contribution in [0.15, 0.2) is 59.2 Å². The highest BCUT2D eigenvalue weighted by Gasteiger charge is 2.26. The lowest BCUT2D eigenvalue weighted by atomic mass is 10.1. The van der Waals surface area contributed by atoms with Crippen LogP contribution < -0.4 is 14.8 Å². The molecule has 14 heteroatoms. The first-order chi connectivity index (χ1) is 19.5. The predicted molar refractivity (Wildman–Crippen MR) is 146 cm³/mol. The molecule has 1 atom stereocenters. The third-order valence-corrected chi connectivity index (χ3v) is 7.88. The second-order valence-corrected chi connectivity index (χ2v) is 10.8. The van der Waals surface area contributed by atoms with Crippen LogP contribution in [-0.4, -0.2) is 81.1 Å². The molecule has 222 valence electrons. The van der Waals surface area contributed by atoms with E-state index in [0.717, 1.165) is 43.1 Å². The number of sulfonamides is 1. The second-order valence-electron chi connectivity index (χ2n) is 9.14. The van der Waals surface area contributed by atoms with Gasteiger partial charge < -0.3 is 15.2 Å². The zero-order chi connectivity index (χ0) is 30.2. The number of ether oxygens (including phenoxy) is 1. The molecular weight excluding hydrogens is 559 g/mol. The molecule has 0 aromatic heterocycles. The van der Waals surface area contributed by atoms with E-state index in [9.17, 15) is 32.3 Å². The molecule has 1 aliphatic rings. The van der Waals surface area contributed by atoms with Gasteiger partial charge in [0.15, 0.2) is 5.76 Å². The Balaban J connectivity index is 1.70. The summed E-state index contributed by atoms with van der Waals surface area (Å²) < 4.78 is 45.8. The molecule has 1 fully saturated rings. The maximum atomic E-state index is 13.1. The van der Waals surface area contributed by atoms with Gasteiger partial charge in [-0.25, -0.2) is 22.6 Å². The molecule has 1 heterocycles. The SMILES string of the molecule is CCN1CCCC1CNC(=O)c1cc(S(=O)(=O)NC(=O)/C(O)=C/C(=O)N(Cc2ccc(F)cc2)OC)ccc1OC. The number of hydrogen-bond donors (Lipinski definition) is 3. The highest BCUT2D eigenvalue weighted by molar-refractivity contribution is 7.90. The second kappa shape index (κ2) is 14.1. The molecule has 0 spiro atoms. The normalized spacial score (nSPS) is 15.8. The fraction of sp³-hybridized carbons (Fsp3) is 0.370. The number of hydroxylamine groups is 2. The molecule has 3 N–H and O–H groups in total. The van der Waals surface area contributed by atoms with E-state index in [1.165, 1.54) is 44.6 Å². The maximum absolute atomic E-state index is 13.1. The van der Waals surface area contributed by atoms with Gasteiger partial charge in [0.1, 0.15) is 11.6 Å². The van der Waals surface area contributed by atoms with Crippen molar-refractivity contribution < 1.29 is 41.9 Å². The van der Waals surface area contributed by atoms with Crippen LogP contribution in [0.5, 0.6) is 5.75 Å². The van der Waals surface area contributed by atoms with Crippen molar-refractivity contribution in [3.8, 4) is 5.75 Å². The average Bonchev–Trinajstić information content (AvgIpc) is 3.42. The summed E-state index contributed by atoms with van der Waals surface area (Å²) in [6.45, 7) is 4.06. The summed E-state index contributed by atoms with van der Waals surface area (Å²) in [5, 5.41) is 13.7. The van der Waals surface area contributed by atoms with Gasteiger partial charge in [-0.1, -0.05) is 19.1 Å². The molecule has 3 rings (SSSR count). The van der Waals surface area contributed by atoms with Crippen molar-refractivity contribution in [1.29, 1.82) is 0 Å². The number of halogens is 1. The van der Waals surface area contributed by atoms with E-state index in [4.69, 9.17) is 9.57 Å². The fourth-order valence-corrected chi connectivity index (χ4v) is 5.34. The molecule has 0 bridgehead atoms. The molecule has 2 aromatic rings. The van der Waals surface area contributed by atoms with E-state index in [1.807, 2.05) is 6.92 Å². The number of likely N-dealkylation sites (N-methyl/N-ethyl adjacent to an activating group) is 1. The lowest BCUT2D eigenvalue weighted by Gasteiger charge is -2.23. The van der Waals surface area contributed by atoms with E-state index in [0.29, 0.717) is 18.2 Å². The highest BCUT2D eigenvalue weighted by atomic mass is 32.2. The summed E-state index contributed by atoms with van der Waals surface area (Å²) in [6.07, 6.45) is 2.43. The molecule has 2 aromatic carbocycles. The van der Waals surface area contributed by atoms with Crippen molar-refractivity contribution in [2.75, 3.05) is 33.9 Å². The molecule has 3 amide bonds. The van der Waals surface area contributed by atoms with Crippen LogP contribution >= 0.6 is 0 Å². The molecular formula is C27H33FN4O8S. The van der Waals surface area contributed by atoms with Gasteiger partial charge in [0.25, 0.3) is 27.7 Å².